The molecular formula is C13H18N2O3. The number of hydrogen-bond donors (Lipinski definition) is 3. The third-order valence-corrected chi connectivity index (χ3v) is 3.66. The number of aromatic carboxylic acids is 1. The SMILES string of the molecule is O=C(O)c1ccncc1NCC1CCCC1CO. The number of aromatic nitrogens is 1. The van der Waals surface area contributed by atoms with Crippen LogP contribution < -0.4 is 5.32 Å². The highest BCUT2D eigenvalue weighted by Gasteiger charge is 2.26. The van der Waals surface area contributed by atoms with Crippen molar-refractivity contribution in [3.8, 4) is 0 Å². The molecular weight excluding hydrogens is 232 g/mol. The van der Waals surface area contributed by atoms with Gasteiger partial charge < -0.3 is 15.5 Å². The minimum absolute atomic E-state index is 0.213. The van der Waals surface area contributed by atoms with Crippen molar-refractivity contribution in [1.82, 2.24) is 4.98 Å². The van der Waals surface area contributed by atoms with Crippen LogP contribution in [0.2, 0.25) is 0 Å². The Bertz CT molecular complexity index is 422. The summed E-state index contributed by atoms with van der Waals surface area (Å²) in [6, 6.07) is 1.49. The molecule has 5 heteroatoms. The molecule has 0 bridgehead atoms. The summed E-state index contributed by atoms with van der Waals surface area (Å²) >= 11 is 0. The lowest BCUT2D eigenvalue weighted by molar-refractivity contribution is 0.0697. The van der Waals surface area contributed by atoms with Gasteiger partial charge >= 0.3 is 5.97 Å². The molecule has 0 radical (unpaired) electrons. The molecule has 18 heavy (non-hydrogen) atoms. The van der Waals surface area contributed by atoms with Crippen LogP contribution in [0.25, 0.3) is 0 Å². The number of carbonyl (C=O) groups is 1. The van der Waals surface area contributed by atoms with Gasteiger partial charge in [-0.1, -0.05) is 6.42 Å². The smallest absolute Gasteiger partial charge is 0.337 e. The molecule has 1 fully saturated rings. The molecule has 1 aliphatic carbocycles. The van der Waals surface area contributed by atoms with Gasteiger partial charge in [0.05, 0.1) is 17.4 Å². The molecule has 0 aliphatic heterocycles. The summed E-state index contributed by atoms with van der Waals surface area (Å²) in [5, 5.41) is 21.4. The van der Waals surface area contributed by atoms with E-state index in [9.17, 15) is 9.90 Å². The van der Waals surface area contributed by atoms with Crippen LogP contribution in [-0.4, -0.2) is 34.3 Å². The van der Waals surface area contributed by atoms with E-state index in [2.05, 4.69) is 10.3 Å². The van der Waals surface area contributed by atoms with Crippen LogP contribution in [0, 0.1) is 11.8 Å². The van der Waals surface area contributed by atoms with E-state index >= 15 is 0 Å². The van der Waals surface area contributed by atoms with Gasteiger partial charge in [0.15, 0.2) is 0 Å². The van der Waals surface area contributed by atoms with Crippen molar-refractivity contribution in [1.29, 1.82) is 0 Å². The van der Waals surface area contributed by atoms with Gasteiger partial charge in [0.25, 0.3) is 0 Å². The Kier molecular flexibility index (Phi) is 4.15. The molecule has 2 atom stereocenters. The molecule has 0 aromatic carbocycles. The first-order valence-electron chi connectivity index (χ1n) is 6.24. The fourth-order valence-corrected chi connectivity index (χ4v) is 2.59. The first-order valence-corrected chi connectivity index (χ1v) is 6.24. The Morgan fingerprint density at radius 1 is 1.44 bits per heavy atom. The van der Waals surface area contributed by atoms with Gasteiger partial charge in [-0.2, -0.15) is 0 Å². The van der Waals surface area contributed by atoms with Crippen molar-refractivity contribution < 1.29 is 15.0 Å². The van der Waals surface area contributed by atoms with E-state index < -0.39 is 5.97 Å². The largest absolute Gasteiger partial charge is 0.478 e. The fraction of sp³-hybridized carbons (Fsp3) is 0.538. The zero-order chi connectivity index (χ0) is 13.0. The Morgan fingerprint density at radius 2 is 2.22 bits per heavy atom. The average Bonchev–Trinajstić information content (AvgIpc) is 2.84. The lowest BCUT2D eigenvalue weighted by Crippen LogP contribution is -2.21. The number of pyridine rings is 1. The molecule has 3 N–H and O–H groups in total. The van der Waals surface area contributed by atoms with Crippen LogP contribution in [0.5, 0.6) is 0 Å². The van der Waals surface area contributed by atoms with E-state index in [1.807, 2.05) is 0 Å². The van der Waals surface area contributed by atoms with Crippen molar-refractivity contribution in [2.24, 2.45) is 11.8 Å². The summed E-state index contributed by atoms with van der Waals surface area (Å²) in [6.07, 6.45) is 6.28. The molecule has 0 saturated heterocycles. The summed E-state index contributed by atoms with van der Waals surface area (Å²) in [4.78, 5) is 15.0. The topological polar surface area (TPSA) is 82.5 Å². The van der Waals surface area contributed by atoms with Crippen LogP contribution in [0.15, 0.2) is 18.5 Å². The molecule has 0 amide bonds. The van der Waals surface area contributed by atoms with Crippen molar-refractivity contribution in [2.75, 3.05) is 18.5 Å². The number of nitrogens with zero attached hydrogens (tertiary/aromatic N) is 1. The van der Waals surface area contributed by atoms with Crippen molar-refractivity contribution >= 4 is 11.7 Å². The molecule has 1 aliphatic rings. The maximum atomic E-state index is 11.0. The quantitative estimate of drug-likeness (QED) is 0.739. The number of hydrogen-bond acceptors (Lipinski definition) is 4. The summed E-state index contributed by atoms with van der Waals surface area (Å²) in [5.41, 5.74) is 0.789. The normalized spacial score (nSPS) is 22.9. The van der Waals surface area contributed by atoms with Gasteiger partial charge in [-0.25, -0.2) is 4.79 Å². The highest BCUT2D eigenvalue weighted by Crippen LogP contribution is 2.31. The predicted molar refractivity (Wildman–Crippen MR) is 67.6 cm³/mol. The van der Waals surface area contributed by atoms with Crippen LogP contribution in [0.4, 0.5) is 5.69 Å². The lowest BCUT2D eigenvalue weighted by Gasteiger charge is -2.19. The van der Waals surface area contributed by atoms with Gasteiger partial charge in [-0.05, 0) is 30.7 Å². The minimum Gasteiger partial charge on any atom is -0.478 e. The first kappa shape index (κ1) is 12.8. The number of aliphatic hydroxyl groups excluding tert-OH is 1. The Hall–Kier alpha value is -1.62. The predicted octanol–water partition coefficient (Wildman–Crippen LogP) is 1.60. The van der Waals surface area contributed by atoms with Gasteiger partial charge in [0.2, 0.25) is 0 Å². The highest BCUT2D eigenvalue weighted by atomic mass is 16.4. The standard InChI is InChI=1S/C13H18N2O3/c16-8-10-3-1-2-9(10)6-15-12-7-14-5-4-11(12)13(17)18/h4-5,7,9-10,15-16H,1-3,6,8H2,(H,17,18). The van der Waals surface area contributed by atoms with Crippen molar-refractivity contribution in [3.05, 3.63) is 24.0 Å². The number of nitrogens with one attached hydrogen (secondary N) is 1. The highest BCUT2D eigenvalue weighted by molar-refractivity contribution is 5.93. The molecule has 1 aromatic heterocycles. The van der Waals surface area contributed by atoms with E-state index in [1.54, 1.807) is 0 Å². The molecule has 1 heterocycles. The second-order valence-corrected chi connectivity index (χ2v) is 4.74. The molecule has 1 aromatic rings. The monoisotopic (exact) mass is 250 g/mol. The van der Waals surface area contributed by atoms with E-state index in [0.717, 1.165) is 19.3 Å². The molecule has 0 spiro atoms. The number of anilines is 1. The summed E-state index contributed by atoms with van der Waals surface area (Å²) < 4.78 is 0. The molecule has 5 nitrogen and oxygen atoms in total. The minimum atomic E-state index is -0.954. The maximum Gasteiger partial charge on any atom is 0.337 e. The molecule has 2 rings (SSSR count). The fourth-order valence-electron chi connectivity index (χ4n) is 2.59. The summed E-state index contributed by atoms with van der Waals surface area (Å²) in [6.45, 7) is 0.905. The second-order valence-electron chi connectivity index (χ2n) is 4.74. The van der Waals surface area contributed by atoms with E-state index in [1.165, 1.54) is 18.5 Å². The molecule has 1 saturated carbocycles. The van der Waals surface area contributed by atoms with Gasteiger partial charge in [-0.3, -0.25) is 4.98 Å². The lowest BCUT2D eigenvalue weighted by atomic mass is 9.97. The van der Waals surface area contributed by atoms with Crippen LogP contribution in [-0.2, 0) is 0 Å². The first-order chi connectivity index (χ1) is 8.72. The number of carboxylic acids is 1. The summed E-state index contributed by atoms with van der Waals surface area (Å²) in [5.74, 6) is -0.204. The Balaban J connectivity index is 2.00. The number of aliphatic hydroxyl groups is 1. The van der Waals surface area contributed by atoms with Gasteiger partial charge in [-0.15, -0.1) is 0 Å². The Labute approximate surface area is 106 Å². The number of carboxylic acid groups (broad SMARTS) is 1. The zero-order valence-corrected chi connectivity index (χ0v) is 10.2. The van der Waals surface area contributed by atoms with E-state index in [0.29, 0.717) is 24.1 Å². The van der Waals surface area contributed by atoms with Gasteiger partial charge in [0, 0.05) is 19.3 Å². The van der Waals surface area contributed by atoms with Crippen molar-refractivity contribution in [3.63, 3.8) is 0 Å². The second kappa shape index (κ2) is 5.82. The Morgan fingerprint density at radius 3 is 2.94 bits per heavy atom. The zero-order valence-electron chi connectivity index (χ0n) is 10.2. The van der Waals surface area contributed by atoms with Crippen LogP contribution in [0.3, 0.4) is 0 Å². The van der Waals surface area contributed by atoms with Crippen molar-refractivity contribution in [2.45, 2.75) is 19.3 Å². The number of rotatable bonds is 5. The van der Waals surface area contributed by atoms with Gasteiger partial charge in [0.1, 0.15) is 0 Å². The van der Waals surface area contributed by atoms with E-state index in [4.69, 9.17) is 5.11 Å². The average molecular weight is 250 g/mol. The third kappa shape index (κ3) is 2.79. The van der Waals surface area contributed by atoms with E-state index in [-0.39, 0.29) is 12.2 Å². The van der Waals surface area contributed by atoms with Crippen LogP contribution in [0.1, 0.15) is 29.6 Å². The molecule has 2 unspecified atom stereocenters. The summed E-state index contributed by atoms with van der Waals surface area (Å²) in [7, 11) is 0. The van der Waals surface area contributed by atoms with Crippen LogP contribution >= 0.6 is 0 Å². The maximum absolute atomic E-state index is 11.0. The third-order valence-electron chi connectivity index (χ3n) is 3.66. The molecule has 98 valence electrons.